The van der Waals surface area contributed by atoms with E-state index in [2.05, 4.69) is 5.32 Å². The van der Waals surface area contributed by atoms with Crippen LogP contribution in [0.5, 0.6) is 5.75 Å². The minimum Gasteiger partial charge on any atom is -0.495 e. The van der Waals surface area contributed by atoms with Crippen LogP contribution in [-0.2, 0) is 19.5 Å². The molecular formula is C17H28N2O6S. The third-order valence-electron chi connectivity index (χ3n) is 3.71. The smallest absolute Gasteiger partial charge is 0.251 e. The quantitative estimate of drug-likeness (QED) is 0.539. The van der Waals surface area contributed by atoms with Crippen molar-refractivity contribution < 1.29 is 27.4 Å². The van der Waals surface area contributed by atoms with Crippen molar-refractivity contribution in [1.82, 2.24) is 9.62 Å². The van der Waals surface area contributed by atoms with Crippen LogP contribution in [0.25, 0.3) is 0 Å². The fraction of sp³-hybridized carbons (Fsp3) is 0.588. The van der Waals surface area contributed by atoms with Crippen molar-refractivity contribution in [1.29, 1.82) is 0 Å². The van der Waals surface area contributed by atoms with E-state index in [-0.39, 0.29) is 22.1 Å². The molecule has 0 fully saturated rings. The van der Waals surface area contributed by atoms with E-state index < -0.39 is 10.0 Å². The van der Waals surface area contributed by atoms with E-state index in [1.807, 2.05) is 0 Å². The van der Waals surface area contributed by atoms with Crippen molar-refractivity contribution in [2.45, 2.75) is 18.7 Å². The van der Waals surface area contributed by atoms with Crippen molar-refractivity contribution in [3.8, 4) is 5.75 Å². The highest BCUT2D eigenvalue weighted by Crippen LogP contribution is 2.27. The van der Waals surface area contributed by atoms with Gasteiger partial charge in [0, 0.05) is 32.3 Å². The van der Waals surface area contributed by atoms with Crippen LogP contribution in [0.3, 0.4) is 0 Å². The van der Waals surface area contributed by atoms with Crippen molar-refractivity contribution in [2.75, 3.05) is 53.7 Å². The Morgan fingerprint density at radius 1 is 1.12 bits per heavy atom. The molecule has 0 saturated heterocycles. The maximum absolute atomic E-state index is 12.8. The molecule has 8 nitrogen and oxygen atoms in total. The molecule has 0 radical (unpaired) electrons. The number of methoxy groups -OCH3 is 2. The molecule has 0 bridgehead atoms. The van der Waals surface area contributed by atoms with Crippen molar-refractivity contribution in [3.05, 3.63) is 23.8 Å². The van der Waals surface area contributed by atoms with Crippen LogP contribution in [-0.4, -0.2) is 72.3 Å². The summed E-state index contributed by atoms with van der Waals surface area (Å²) in [4.78, 5) is 12.3. The number of amides is 1. The van der Waals surface area contributed by atoms with Gasteiger partial charge in [-0.1, -0.05) is 13.8 Å². The topological polar surface area (TPSA) is 94.2 Å². The monoisotopic (exact) mass is 388 g/mol. The third-order valence-corrected chi connectivity index (χ3v) is 5.78. The highest BCUT2D eigenvalue weighted by atomic mass is 32.2. The zero-order valence-corrected chi connectivity index (χ0v) is 16.6. The molecule has 1 aromatic rings. The second-order valence-electron chi connectivity index (χ2n) is 5.32. The van der Waals surface area contributed by atoms with Gasteiger partial charge in [-0.15, -0.1) is 0 Å². The van der Waals surface area contributed by atoms with Crippen molar-refractivity contribution >= 4 is 15.9 Å². The van der Waals surface area contributed by atoms with E-state index >= 15 is 0 Å². The molecule has 148 valence electrons. The van der Waals surface area contributed by atoms with E-state index in [0.717, 1.165) is 0 Å². The molecule has 9 heteroatoms. The minimum absolute atomic E-state index is 0.0207. The fourth-order valence-electron chi connectivity index (χ4n) is 2.31. The number of nitrogens with zero attached hydrogens (tertiary/aromatic N) is 1. The molecule has 0 aliphatic rings. The SMILES string of the molecule is CCN(CC)S(=O)(=O)c1cc(C(=O)NCCOCCOC)ccc1OC. The van der Waals surface area contributed by atoms with Gasteiger partial charge in [0.1, 0.15) is 10.6 Å². The lowest BCUT2D eigenvalue weighted by Crippen LogP contribution is -2.31. The predicted octanol–water partition coefficient (Wildman–Crippen LogP) is 1.12. The van der Waals surface area contributed by atoms with Gasteiger partial charge in [0.2, 0.25) is 10.0 Å². The average Bonchev–Trinajstić information content (AvgIpc) is 2.64. The maximum Gasteiger partial charge on any atom is 0.251 e. The summed E-state index contributed by atoms with van der Waals surface area (Å²) >= 11 is 0. The molecule has 0 spiro atoms. The van der Waals surface area contributed by atoms with Crippen LogP contribution >= 0.6 is 0 Å². The third kappa shape index (κ3) is 5.94. The summed E-state index contributed by atoms with van der Waals surface area (Å²) in [6.07, 6.45) is 0. The lowest BCUT2D eigenvalue weighted by molar-refractivity contribution is 0.0692. The summed E-state index contributed by atoms with van der Waals surface area (Å²) < 4.78 is 42.2. The Morgan fingerprint density at radius 3 is 2.38 bits per heavy atom. The Kier molecular flexibility index (Phi) is 9.57. The van der Waals surface area contributed by atoms with Crippen LogP contribution in [0.2, 0.25) is 0 Å². The molecule has 0 unspecified atom stereocenters. The van der Waals surface area contributed by atoms with Gasteiger partial charge in [0.15, 0.2) is 0 Å². The van der Waals surface area contributed by atoms with E-state index in [0.29, 0.717) is 39.5 Å². The van der Waals surface area contributed by atoms with Gasteiger partial charge in [0.25, 0.3) is 5.91 Å². The zero-order valence-electron chi connectivity index (χ0n) is 15.8. The maximum atomic E-state index is 12.8. The van der Waals surface area contributed by atoms with Crippen molar-refractivity contribution in [2.24, 2.45) is 0 Å². The highest BCUT2D eigenvalue weighted by Gasteiger charge is 2.26. The largest absolute Gasteiger partial charge is 0.495 e. The number of rotatable bonds is 12. The summed E-state index contributed by atoms with van der Waals surface area (Å²) in [5.41, 5.74) is 0.244. The van der Waals surface area contributed by atoms with Gasteiger partial charge in [-0.05, 0) is 18.2 Å². The highest BCUT2D eigenvalue weighted by molar-refractivity contribution is 7.89. The van der Waals surface area contributed by atoms with Gasteiger partial charge in [0.05, 0.1) is 26.9 Å². The fourth-order valence-corrected chi connectivity index (χ4v) is 3.94. The van der Waals surface area contributed by atoms with E-state index in [9.17, 15) is 13.2 Å². The van der Waals surface area contributed by atoms with Gasteiger partial charge in [-0.2, -0.15) is 4.31 Å². The summed E-state index contributed by atoms with van der Waals surface area (Å²) in [7, 11) is -0.767. The van der Waals surface area contributed by atoms with E-state index in [1.165, 1.54) is 29.6 Å². The molecule has 0 saturated carbocycles. The summed E-state index contributed by atoms with van der Waals surface area (Å²) in [6, 6.07) is 4.36. The van der Waals surface area contributed by atoms with Crippen LogP contribution in [0.1, 0.15) is 24.2 Å². The van der Waals surface area contributed by atoms with Gasteiger partial charge in [-0.3, -0.25) is 4.79 Å². The number of sulfonamides is 1. The van der Waals surface area contributed by atoms with Crippen LogP contribution in [0, 0.1) is 0 Å². The molecule has 0 atom stereocenters. The number of carbonyl (C=O) groups excluding carboxylic acids is 1. The molecule has 26 heavy (non-hydrogen) atoms. The standard InChI is InChI=1S/C17H28N2O6S/c1-5-19(6-2)26(21,22)16-13-14(7-8-15(16)24-4)17(20)18-9-10-25-12-11-23-3/h7-8,13H,5-6,9-12H2,1-4H3,(H,18,20). The van der Waals surface area contributed by atoms with Crippen LogP contribution in [0.4, 0.5) is 0 Å². The second kappa shape index (κ2) is 11.1. The summed E-state index contributed by atoms with van der Waals surface area (Å²) in [6.45, 7) is 5.76. The summed E-state index contributed by atoms with van der Waals surface area (Å²) in [5, 5.41) is 2.70. The van der Waals surface area contributed by atoms with E-state index in [1.54, 1.807) is 21.0 Å². The Morgan fingerprint density at radius 2 is 1.81 bits per heavy atom. The normalized spacial score (nSPS) is 11.6. The Hall–Kier alpha value is -1.68. The number of ether oxygens (including phenoxy) is 3. The first-order valence-corrected chi connectivity index (χ1v) is 9.89. The first-order valence-electron chi connectivity index (χ1n) is 8.45. The molecule has 0 aliphatic heterocycles. The Bertz CT molecular complexity index is 674. The first-order chi connectivity index (χ1) is 12.4. The lowest BCUT2D eigenvalue weighted by Gasteiger charge is -2.20. The number of nitrogens with one attached hydrogen (secondary N) is 1. The number of hydrogen-bond acceptors (Lipinski definition) is 6. The van der Waals surface area contributed by atoms with Crippen LogP contribution < -0.4 is 10.1 Å². The number of hydrogen-bond donors (Lipinski definition) is 1. The zero-order chi connectivity index (χ0) is 19.6. The first kappa shape index (κ1) is 22.4. The average molecular weight is 388 g/mol. The van der Waals surface area contributed by atoms with Crippen LogP contribution in [0.15, 0.2) is 23.1 Å². The number of carbonyl (C=O) groups is 1. The summed E-state index contributed by atoms with van der Waals surface area (Å²) in [5.74, 6) is -0.171. The number of benzene rings is 1. The van der Waals surface area contributed by atoms with Gasteiger partial charge < -0.3 is 19.5 Å². The molecule has 1 N–H and O–H groups in total. The van der Waals surface area contributed by atoms with Gasteiger partial charge >= 0.3 is 0 Å². The van der Waals surface area contributed by atoms with Crippen molar-refractivity contribution in [3.63, 3.8) is 0 Å². The minimum atomic E-state index is -3.75. The molecular weight excluding hydrogens is 360 g/mol. The second-order valence-corrected chi connectivity index (χ2v) is 7.22. The molecule has 0 heterocycles. The lowest BCUT2D eigenvalue weighted by atomic mass is 10.2. The molecule has 0 aromatic heterocycles. The van der Waals surface area contributed by atoms with Gasteiger partial charge in [-0.25, -0.2) is 8.42 Å². The Labute approximate surface area is 155 Å². The van der Waals surface area contributed by atoms with E-state index in [4.69, 9.17) is 14.2 Å². The molecule has 1 aromatic carbocycles. The molecule has 0 aliphatic carbocycles. The Balaban J connectivity index is 2.90. The predicted molar refractivity (Wildman–Crippen MR) is 98.1 cm³/mol. The molecule has 1 amide bonds. The molecule has 1 rings (SSSR count).